The van der Waals surface area contributed by atoms with Gasteiger partial charge in [0.1, 0.15) is 12.3 Å². The fourth-order valence-electron chi connectivity index (χ4n) is 1.62. The van der Waals surface area contributed by atoms with E-state index in [9.17, 15) is 14.7 Å². The van der Waals surface area contributed by atoms with Gasteiger partial charge in [-0.2, -0.15) is 4.37 Å². The molecule has 2 N–H and O–H groups in total. The molecule has 6 nitrogen and oxygen atoms in total. The average molecular weight is 304 g/mol. The van der Waals surface area contributed by atoms with E-state index in [0.29, 0.717) is 11.3 Å². The number of hydrogen-bond acceptors (Lipinski definition) is 5. The van der Waals surface area contributed by atoms with Crippen LogP contribution in [0.2, 0.25) is 0 Å². The molecule has 2 aromatic rings. The quantitative estimate of drug-likeness (QED) is 0.828. The second kappa shape index (κ2) is 6.67. The first-order valence-electron chi connectivity index (χ1n) is 5.96. The molecule has 1 aromatic heterocycles. The first-order chi connectivity index (χ1) is 10.1. The molecule has 0 bridgehead atoms. The van der Waals surface area contributed by atoms with E-state index in [1.807, 2.05) is 6.07 Å². The van der Waals surface area contributed by atoms with Gasteiger partial charge < -0.3 is 9.84 Å². The molecule has 0 saturated heterocycles. The molecule has 0 atom stereocenters. The van der Waals surface area contributed by atoms with Crippen molar-refractivity contribution in [2.45, 2.75) is 0 Å². The van der Waals surface area contributed by atoms with Crippen LogP contribution in [-0.4, -0.2) is 28.1 Å². The smallest absolute Gasteiger partial charge is 0.412 e. The van der Waals surface area contributed by atoms with E-state index in [1.54, 1.807) is 24.3 Å². The molecule has 0 spiro atoms. The first-order valence-corrected chi connectivity index (χ1v) is 6.74. The Morgan fingerprint density at radius 2 is 2.10 bits per heavy atom. The predicted octanol–water partition coefficient (Wildman–Crippen LogP) is 3.24. The summed E-state index contributed by atoms with van der Waals surface area (Å²) in [6.07, 6.45) is 0.663. The fraction of sp³-hybridized carbons (Fsp3) is 0.0714. The Bertz CT molecular complexity index is 667. The number of nitrogens with one attached hydrogen (secondary N) is 1. The molecule has 0 saturated carbocycles. The molecule has 108 valence electrons. The molecule has 21 heavy (non-hydrogen) atoms. The average Bonchev–Trinajstić information content (AvgIpc) is 2.89. The van der Waals surface area contributed by atoms with Crippen molar-refractivity contribution in [3.05, 3.63) is 47.9 Å². The van der Waals surface area contributed by atoms with Crippen molar-refractivity contribution in [2.75, 3.05) is 11.9 Å². The van der Waals surface area contributed by atoms with Gasteiger partial charge in [-0.25, -0.2) is 9.59 Å². The summed E-state index contributed by atoms with van der Waals surface area (Å²) in [7, 11) is 0. The van der Waals surface area contributed by atoms with Crippen LogP contribution < -0.4 is 5.32 Å². The minimum absolute atomic E-state index is 0.0342. The molecule has 0 aliphatic heterocycles. The van der Waals surface area contributed by atoms with Gasteiger partial charge in [-0.05, 0) is 11.5 Å². The molecule has 1 aromatic carbocycles. The number of amides is 1. The third kappa shape index (κ3) is 3.46. The van der Waals surface area contributed by atoms with Gasteiger partial charge in [-0.15, -0.1) is 0 Å². The van der Waals surface area contributed by atoms with Crippen LogP contribution in [0.4, 0.5) is 10.5 Å². The van der Waals surface area contributed by atoms with Gasteiger partial charge in [0, 0.05) is 5.56 Å². The standard InChI is InChI=1S/C14H12N2O4S/c1-2-8-20-14(19)15-11-10(9-6-4-3-5-7-9)16-21-12(11)13(17)18/h2-7H,1,8H2,(H,15,19)(H,17,18). The molecule has 0 radical (unpaired) electrons. The van der Waals surface area contributed by atoms with Crippen molar-refractivity contribution < 1.29 is 19.4 Å². The summed E-state index contributed by atoms with van der Waals surface area (Å²) in [6.45, 7) is 3.47. The van der Waals surface area contributed by atoms with Gasteiger partial charge in [-0.1, -0.05) is 43.0 Å². The van der Waals surface area contributed by atoms with Crippen LogP contribution in [0.3, 0.4) is 0 Å². The highest BCUT2D eigenvalue weighted by atomic mass is 32.1. The van der Waals surface area contributed by atoms with E-state index in [2.05, 4.69) is 16.3 Å². The molecule has 2 rings (SSSR count). The van der Waals surface area contributed by atoms with E-state index >= 15 is 0 Å². The van der Waals surface area contributed by atoms with E-state index in [0.717, 1.165) is 11.5 Å². The van der Waals surface area contributed by atoms with Crippen molar-refractivity contribution >= 4 is 29.3 Å². The Morgan fingerprint density at radius 3 is 2.71 bits per heavy atom. The summed E-state index contributed by atoms with van der Waals surface area (Å²) in [6, 6.07) is 8.99. The van der Waals surface area contributed by atoms with E-state index < -0.39 is 12.1 Å². The van der Waals surface area contributed by atoms with E-state index in [1.165, 1.54) is 6.08 Å². The second-order valence-corrected chi connectivity index (χ2v) is 4.69. The zero-order chi connectivity index (χ0) is 15.2. The number of carboxylic acid groups (broad SMARTS) is 1. The monoisotopic (exact) mass is 304 g/mol. The number of carboxylic acids is 1. The number of ether oxygens (including phenoxy) is 1. The van der Waals surface area contributed by atoms with Crippen LogP contribution in [0.25, 0.3) is 11.3 Å². The molecule has 7 heteroatoms. The van der Waals surface area contributed by atoms with Crippen molar-refractivity contribution in [2.24, 2.45) is 0 Å². The summed E-state index contributed by atoms with van der Waals surface area (Å²) in [5.41, 5.74) is 1.24. The lowest BCUT2D eigenvalue weighted by Crippen LogP contribution is -2.15. The number of benzene rings is 1. The van der Waals surface area contributed by atoms with Crippen molar-refractivity contribution in [1.82, 2.24) is 4.37 Å². The predicted molar refractivity (Wildman–Crippen MR) is 79.7 cm³/mol. The minimum Gasteiger partial charge on any atom is -0.477 e. The molecule has 1 amide bonds. The Hall–Kier alpha value is -2.67. The number of nitrogens with zero attached hydrogens (tertiary/aromatic N) is 1. The van der Waals surface area contributed by atoms with Crippen LogP contribution in [0.1, 0.15) is 9.67 Å². The topological polar surface area (TPSA) is 88.5 Å². The van der Waals surface area contributed by atoms with E-state index in [-0.39, 0.29) is 17.2 Å². The number of carbonyl (C=O) groups is 2. The summed E-state index contributed by atoms with van der Waals surface area (Å²) < 4.78 is 8.92. The zero-order valence-corrected chi connectivity index (χ0v) is 11.7. The lowest BCUT2D eigenvalue weighted by Gasteiger charge is -2.07. The third-order valence-electron chi connectivity index (χ3n) is 2.49. The highest BCUT2D eigenvalue weighted by molar-refractivity contribution is 7.09. The summed E-state index contributed by atoms with van der Waals surface area (Å²) >= 11 is 0.805. The molecule has 0 fully saturated rings. The second-order valence-electron chi connectivity index (χ2n) is 3.92. The maximum Gasteiger partial charge on any atom is 0.412 e. The number of aromatic carboxylic acids is 1. The molecule has 0 unspecified atom stereocenters. The van der Waals surface area contributed by atoms with Crippen molar-refractivity contribution in [3.8, 4) is 11.3 Å². The molecular formula is C14H12N2O4S. The molecular weight excluding hydrogens is 292 g/mol. The number of carbonyl (C=O) groups excluding carboxylic acids is 1. The maximum atomic E-state index is 11.6. The number of anilines is 1. The Labute approximate surface area is 124 Å². The molecule has 0 aliphatic rings. The van der Waals surface area contributed by atoms with Crippen molar-refractivity contribution in [1.29, 1.82) is 0 Å². The summed E-state index contributed by atoms with van der Waals surface area (Å²) in [5.74, 6) is -1.16. The van der Waals surface area contributed by atoms with Gasteiger partial charge in [0.05, 0.1) is 5.69 Å². The van der Waals surface area contributed by atoms with Gasteiger partial charge in [0.15, 0.2) is 4.88 Å². The number of rotatable bonds is 5. The largest absolute Gasteiger partial charge is 0.477 e. The van der Waals surface area contributed by atoms with Gasteiger partial charge >= 0.3 is 12.1 Å². The lowest BCUT2D eigenvalue weighted by molar-refractivity contribution is 0.0703. The zero-order valence-electron chi connectivity index (χ0n) is 10.9. The SMILES string of the molecule is C=CCOC(=O)Nc1c(-c2ccccc2)nsc1C(=O)O. The van der Waals surface area contributed by atoms with Crippen LogP contribution in [-0.2, 0) is 4.74 Å². The van der Waals surface area contributed by atoms with Crippen LogP contribution in [0.5, 0.6) is 0 Å². The molecule has 1 heterocycles. The Kier molecular flexibility index (Phi) is 4.68. The highest BCUT2D eigenvalue weighted by Crippen LogP contribution is 2.33. The van der Waals surface area contributed by atoms with Crippen molar-refractivity contribution in [3.63, 3.8) is 0 Å². The van der Waals surface area contributed by atoms with Gasteiger partial charge in [0.25, 0.3) is 0 Å². The van der Waals surface area contributed by atoms with E-state index in [4.69, 9.17) is 4.74 Å². The summed E-state index contributed by atoms with van der Waals surface area (Å²) in [4.78, 5) is 22.8. The fourth-order valence-corrected chi connectivity index (χ4v) is 2.31. The third-order valence-corrected chi connectivity index (χ3v) is 3.33. The maximum absolute atomic E-state index is 11.6. The normalized spacial score (nSPS) is 9.90. The van der Waals surface area contributed by atoms with Crippen LogP contribution in [0, 0.1) is 0 Å². The van der Waals surface area contributed by atoms with Gasteiger partial charge in [-0.3, -0.25) is 5.32 Å². The summed E-state index contributed by atoms with van der Waals surface area (Å²) in [5, 5.41) is 11.6. The van der Waals surface area contributed by atoms with Gasteiger partial charge in [0.2, 0.25) is 0 Å². The first kappa shape index (κ1) is 14.7. The highest BCUT2D eigenvalue weighted by Gasteiger charge is 2.22. The number of hydrogen-bond donors (Lipinski definition) is 2. The lowest BCUT2D eigenvalue weighted by atomic mass is 10.1. The Morgan fingerprint density at radius 1 is 1.38 bits per heavy atom. The van der Waals surface area contributed by atoms with Crippen LogP contribution in [0.15, 0.2) is 43.0 Å². The number of aromatic nitrogens is 1. The minimum atomic E-state index is -1.16. The van der Waals surface area contributed by atoms with Crippen LogP contribution >= 0.6 is 11.5 Å². The molecule has 0 aliphatic carbocycles. The Balaban J connectivity index is 2.36.